The van der Waals surface area contributed by atoms with Crippen molar-refractivity contribution < 1.29 is 0 Å². The maximum Gasteiger partial charge on any atom is 0.106 e. The van der Waals surface area contributed by atoms with Crippen molar-refractivity contribution in [3.8, 4) is 0 Å². The lowest BCUT2D eigenvalue weighted by Crippen LogP contribution is -1.86. The summed E-state index contributed by atoms with van der Waals surface area (Å²) in [5.41, 5.74) is 0. The van der Waals surface area contributed by atoms with Crippen molar-refractivity contribution in [2.45, 2.75) is 6.92 Å². The largest absolute Gasteiger partial charge is 0.376 e. The summed E-state index contributed by atoms with van der Waals surface area (Å²) in [5.74, 6) is 1.95. The Morgan fingerprint density at radius 1 is 1.83 bits per heavy atom. The highest BCUT2D eigenvalue weighted by Crippen LogP contribution is 2.19. The SMILES string of the molecule is CC1=CN[CH]S1. The predicted molar refractivity (Wildman–Crippen MR) is 28.8 cm³/mol. The molecule has 33 valence electrons. The third-order valence-electron chi connectivity index (χ3n) is 0.599. The smallest absolute Gasteiger partial charge is 0.106 e. The van der Waals surface area contributed by atoms with Gasteiger partial charge in [-0.15, -0.1) is 11.8 Å². The van der Waals surface area contributed by atoms with E-state index < -0.39 is 0 Å². The molecular weight excluding hydrogens is 94.1 g/mol. The molecule has 0 saturated heterocycles. The highest BCUT2D eigenvalue weighted by molar-refractivity contribution is 8.05. The van der Waals surface area contributed by atoms with Gasteiger partial charge in [0, 0.05) is 6.20 Å². The summed E-state index contributed by atoms with van der Waals surface area (Å²) in [4.78, 5) is 1.33. The lowest BCUT2D eigenvalue weighted by Gasteiger charge is -1.78. The Morgan fingerprint density at radius 3 is 2.83 bits per heavy atom. The van der Waals surface area contributed by atoms with Gasteiger partial charge in [-0.25, -0.2) is 0 Å². The summed E-state index contributed by atoms with van der Waals surface area (Å²) < 4.78 is 0. The Morgan fingerprint density at radius 2 is 2.67 bits per heavy atom. The Labute approximate surface area is 41.8 Å². The van der Waals surface area contributed by atoms with Crippen LogP contribution in [0.4, 0.5) is 0 Å². The fourth-order valence-corrected chi connectivity index (χ4v) is 0.770. The van der Waals surface area contributed by atoms with Gasteiger partial charge in [0.25, 0.3) is 0 Å². The molecule has 0 bridgehead atoms. The predicted octanol–water partition coefficient (Wildman–Crippen LogP) is 1.30. The third kappa shape index (κ3) is 0.684. The lowest BCUT2D eigenvalue weighted by molar-refractivity contribution is 1.18. The fraction of sp³-hybridized carbons (Fsp3) is 0.250. The van der Waals surface area contributed by atoms with Gasteiger partial charge in [-0.05, 0) is 11.8 Å². The van der Waals surface area contributed by atoms with Gasteiger partial charge in [0.15, 0.2) is 0 Å². The zero-order valence-electron chi connectivity index (χ0n) is 3.56. The molecule has 0 aromatic heterocycles. The molecule has 6 heavy (non-hydrogen) atoms. The van der Waals surface area contributed by atoms with Gasteiger partial charge < -0.3 is 5.32 Å². The van der Waals surface area contributed by atoms with E-state index in [1.54, 1.807) is 11.8 Å². The van der Waals surface area contributed by atoms with Gasteiger partial charge in [-0.3, -0.25) is 0 Å². The van der Waals surface area contributed by atoms with E-state index in [0.717, 1.165) is 0 Å². The Hall–Kier alpha value is -0.110. The maximum atomic E-state index is 2.95. The first-order valence-corrected chi connectivity index (χ1v) is 2.69. The first kappa shape index (κ1) is 4.06. The van der Waals surface area contributed by atoms with E-state index in [1.165, 1.54) is 4.91 Å². The summed E-state index contributed by atoms with van der Waals surface area (Å²) in [6.07, 6.45) is 1.98. The molecule has 0 aromatic carbocycles. The van der Waals surface area contributed by atoms with Crippen molar-refractivity contribution >= 4 is 11.8 Å². The number of rotatable bonds is 0. The van der Waals surface area contributed by atoms with Gasteiger partial charge in [0.1, 0.15) is 5.88 Å². The highest BCUT2D eigenvalue weighted by Gasteiger charge is 1.94. The molecule has 1 nitrogen and oxygen atoms in total. The van der Waals surface area contributed by atoms with Gasteiger partial charge in [-0.1, -0.05) is 0 Å². The topological polar surface area (TPSA) is 12.0 Å². The number of hydrogen-bond donors (Lipinski definition) is 1. The van der Waals surface area contributed by atoms with E-state index in [9.17, 15) is 0 Å². The monoisotopic (exact) mass is 100 g/mol. The molecule has 1 rings (SSSR count). The summed E-state index contributed by atoms with van der Waals surface area (Å²) >= 11 is 1.72. The number of hydrogen-bond acceptors (Lipinski definition) is 2. The van der Waals surface area contributed by atoms with Crippen molar-refractivity contribution in [2.24, 2.45) is 0 Å². The summed E-state index contributed by atoms with van der Waals surface area (Å²) in [6.45, 7) is 2.07. The molecule has 0 aliphatic carbocycles. The van der Waals surface area contributed by atoms with E-state index in [2.05, 4.69) is 12.2 Å². The molecule has 1 heterocycles. The van der Waals surface area contributed by atoms with E-state index in [1.807, 2.05) is 12.1 Å². The van der Waals surface area contributed by atoms with Gasteiger partial charge >= 0.3 is 0 Å². The van der Waals surface area contributed by atoms with Crippen LogP contribution in [0.1, 0.15) is 6.92 Å². The average molecular weight is 100 g/mol. The molecule has 0 atom stereocenters. The van der Waals surface area contributed by atoms with E-state index in [0.29, 0.717) is 0 Å². The third-order valence-corrected chi connectivity index (χ3v) is 1.34. The van der Waals surface area contributed by atoms with Crippen LogP contribution in [-0.4, -0.2) is 0 Å². The Bertz CT molecular complexity index is 77.6. The molecule has 0 aromatic rings. The molecular formula is C4H6NS. The summed E-state index contributed by atoms with van der Waals surface area (Å²) in [6, 6.07) is 0. The van der Waals surface area contributed by atoms with Crippen LogP contribution in [0.2, 0.25) is 0 Å². The Kier molecular flexibility index (Phi) is 1.05. The summed E-state index contributed by atoms with van der Waals surface area (Å²) in [5, 5.41) is 2.95. The van der Waals surface area contributed by atoms with Crippen molar-refractivity contribution in [1.82, 2.24) is 5.32 Å². The van der Waals surface area contributed by atoms with E-state index in [-0.39, 0.29) is 0 Å². The second-order valence-electron chi connectivity index (χ2n) is 1.16. The molecule has 0 saturated carbocycles. The zero-order chi connectivity index (χ0) is 4.41. The molecule has 0 fully saturated rings. The van der Waals surface area contributed by atoms with Crippen LogP contribution < -0.4 is 5.32 Å². The fourth-order valence-electron chi connectivity index (χ4n) is 0.312. The molecule has 1 aliphatic rings. The van der Waals surface area contributed by atoms with Crippen LogP contribution in [0.15, 0.2) is 11.1 Å². The molecule has 2 heteroatoms. The van der Waals surface area contributed by atoms with Crippen LogP contribution >= 0.6 is 11.8 Å². The van der Waals surface area contributed by atoms with Gasteiger partial charge in [0.05, 0.1) is 0 Å². The first-order chi connectivity index (χ1) is 2.89. The minimum Gasteiger partial charge on any atom is -0.376 e. The number of thioether (sulfide) groups is 1. The van der Waals surface area contributed by atoms with Crippen molar-refractivity contribution in [2.75, 3.05) is 0 Å². The second-order valence-corrected chi connectivity index (χ2v) is 2.27. The van der Waals surface area contributed by atoms with Crippen molar-refractivity contribution in [1.29, 1.82) is 0 Å². The molecule has 0 spiro atoms. The standard InChI is InChI=1S/C4H6NS/c1-4-2-5-3-6-4/h2-3,5H,1H3. The molecule has 1 N–H and O–H groups in total. The molecule has 0 amide bonds. The average Bonchev–Trinajstić information content (AvgIpc) is 1.86. The minimum atomic E-state index is 1.33. The van der Waals surface area contributed by atoms with Crippen LogP contribution in [0.5, 0.6) is 0 Å². The van der Waals surface area contributed by atoms with Gasteiger partial charge in [-0.2, -0.15) is 0 Å². The Balaban J connectivity index is 2.45. The second kappa shape index (κ2) is 1.56. The van der Waals surface area contributed by atoms with Crippen LogP contribution in [0, 0.1) is 5.88 Å². The number of nitrogens with one attached hydrogen (secondary N) is 1. The van der Waals surface area contributed by atoms with Crippen LogP contribution in [-0.2, 0) is 0 Å². The number of allylic oxidation sites excluding steroid dienone is 1. The van der Waals surface area contributed by atoms with E-state index >= 15 is 0 Å². The first-order valence-electron chi connectivity index (χ1n) is 1.81. The molecule has 1 radical (unpaired) electrons. The molecule has 0 unspecified atom stereocenters. The normalized spacial score (nSPS) is 19.8. The minimum absolute atomic E-state index is 1.33. The van der Waals surface area contributed by atoms with Crippen LogP contribution in [0.3, 0.4) is 0 Å². The summed E-state index contributed by atoms with van der Waals surface area (Å²) in [7, 11) is 0. The lowest BCUT2D eigenvalue weighted by atomic mass is 10.7. The zero-order valence-corrected chi connectivity index (χ0v) is 4.38. The van der Waals surface area contributed by atoms with Crippen molar-refractivity contribution in [3.05, 3.63) is 17.0 Å². The quantitative estimate of drug-likeness (QED) is 0.492. The molecule has 1 aliphatic heterocycles. The van der Waals surface area contributed by atoms with E-state index in [4.69, 9.17) is 0 Å². The van der Waals surface area contributed by atoms with Crippen molar-refractivity contribution in [3.63, 3.8) is 0 Å². The van der Waals surface area contributed by atoms with Crippen LogP contribution in [0.25, 0.3) is 0 Å². The van der Waals surface area contributed by atoms with Gasteiger partial charge in [0.2, 0.25) is 0 Å². The maximum absolute atomic E-state index is 2.95. The highest BCUT2D eigenvalue weighted by atomic mass is 32.2.